The van der Waals surface area contributed by atoms with E-state index in [1.165, 1.54) is 19.3 Å². The summed E-state index contributed by atoms with van der Waals surface area (Å²) in [4.78, 5) is 14.8. The van der Waals surface area contributed by atoms with Crippen molar-refractivity contribution in [1.82, 2.24) is 4.90 Å². The van der Waals surface area contributed by atoms with Crippen molar-refractivity contribution < 1.29 is 4.79 Å². The third-order valence-electron chi connectivity index (χ3n) is 4.31. The molecule has 1 unspecified atom stereocenters. The highest BCUT2D eigenvalue weighted by molar-refractivity contribution is 5.80. The molecule has 1 atom stereocenters. The summed E-state index contributed by atoms with van der Waals surface area (Å²) in [6.45, 7) is 10.2. The lowest BCUT2D eigenvalue weighted by molar-refractivity contribution is -0.143. The van der Waals surface area contributed by atoms with Crippen LogP contribution in [-0.4, -0.2) is 29.9 Å². The Bertz CT molecular complexity index is 274. The molecule has 0 aromatic carbocycles. The molecule has 3 heteroatoms. The van der Waals surface area contributed by atoms with Crippen molar-refractivity contribution in [1.29, 1.82) is 0 Å². The van der Waals surface area contributed by atoms with Gasteiger partial charge in [-0.25, -0.2) is 0 Å². The number of carbonyl (C=O) groups is 1. The Morgan fingerprint density at radius 3 is 2.56 bits per heavy atom. The molecular formula is C15H30N2O. The second kappa shape index (κ2) is 6.55. The molecule has 3 nitrogen and oxygen atoms in total. The fourth-order valence-corrected chi connectivity index (χ4v) is 3.04. The highest BCUT2D eigenvalue weighted by Gasteiger charge is 2.39. The van der Waals surface area contributed by atoms with E-state index in [1.54, 1.807) is 0 Å². The normalized spacial score (nSPS) is 23.1. The minimum Gasteiger partial charge on any atom is -0.340 e. The molecule has 1 fully saturated rings. The summed E-state index contributed by atoms with van der Waals surface area (Å²) < 4.78 is 0. The highest BCUT2D eigenvalue weighted by Crippen LogP contribution is 2.41. The molecular weight excluding hydrogens is 224 g/mol. The first kappa shape index (κ1) is 15.5. The number of hydrogen-bond acceptors (Lipinski definition) is 2. The van der Waals surface area contributed by atoms with Gasteiger partial charge in [-0.3, -0.25) is 4.79 Å². The lowest BCUT2D eigenvalue weighted by Gasteiger charge is -2.41. The molecule has 1 rings (SSSR count). The van der Waals surface area contributed by atoms with Crippen LogP contribution in [0.25, 0.3) is 0 Å². The summed E-state index contributed by atoms with van der Waals surface area (Å²) in [5, 5.41) is 0. The van der Waals surface area contributed by atoms with Gasteiger partial charge in [0.15, 0.2) is 0 Å². The molecule has 0 heterocycles. The number of rotatable bonds is 5. The molecule has 1 saturated carbocycles. The van der Waals surface area contributed by atoms with Crippen LogP contribution in [0.5, 0.6) is 0 Å². The van der Waals surface area contributed by atoms with Crippen molar-refractivity contribution in [2.75, 3.05) is 13.1 Å². The standard InChI is InChI=1S/C15H30N2O/c1-12(2)17(11-7-10-16)14(18)13-8-5-6-9-15(13,3)4/h12-13H,5-11,16H2,1-4H3. The maximum atomic E-state index is 12.7. The molecule has 0 aromatic heterocycles. The van der Waals surface area contributed by atoms with Gasteiger partial charge < -0.3 is 10.6 Å². The van der Waals surface area contributed by atoms with Crippen molar-refractivity contribution in [3.05, 3.63) is 0 Å². The molecule has 0 saturated heterocycles. The van der Waals surface area contributed by atoms with Crippen molar-refractivity contribution >= 4 is 5.91 Å². The van der Waals surface area contributed by atoms with Crippen LogP contribution >= 0.6 is 0 Å². The third-order valence-corrected chi connectivity index (χ3v) is 4.31. The lowest BCUT2D eigenvalue weighted by Crippen LogP contribution is -2.47. The van der Waals surface area contributed by atoms with Crippen molar-refractivity contribution in [2.45, 2.75) is 65.8 Å². The van der Waals surface area contributed by atoms with Gasteiger partial charge in [-0.05, 0) is 45.1 Å². The highest BCUT2D eigenvalue weighted by atomic mass is 16.2. The molecule has 2 N–H and O–H groups in total. The Morgan fingerprint density at radius 2 is 2.06 bits per heavy atom. The van der Waals surface area contributed by atoms with Crippen LogP contribution in [0.2, 0.25) is 0 Å². The fraction of sp³-hybridized carbons (Fsp3) is 0.933. The first-order valence-electron chi connectivity index (χ1n) is 7.40. The third kappa shape index (κ3) is 3.71. The predicted octanol–water partition coefficient (Wildman–Crippen LogP) is 2.79. The SMILES string of the molecule is CC(C)N(CCCN)C(=O)C1CCCCC1(C)C. The van der Waals surface area contributed by atoms with E-state index >= 15 is 0 Å². The topological polar surface area (TPSA) is 46.3 Å². The molecule has 1 amide bonds. The average Bonchev–Trinajstić information content (AvgIpc) is 2.28. The van der Waals surface area contributed by atoms with Crippen molar-refractivity contribution in [3.63, 3.8) is 0 Å². The molecule has 1 aliphatic rings. The van der Waals surface area contributed by atoms with E-state index in [2.05, 4.69) is 27.7 Å². The van der Waals surface area contributed by atoms with Gasteiger partial charge in [-0.2, -0.15) is 0 Å². The fourth-order valence-electron chi connectivity index (χ4n) is 3.04. The van der Waals surface area contributed by atoms with Gasteiger partial charge in [0.1, 0.15) is 0 Å². The number of nitrogens with two attached hydrogens (primary N) is 1. The summed E-state index contributed by atoms with van der Waals surface area (Å²) in [7, 11) is 0. The molecule has 106 valence electrons. The molecule has 18 heavy (non-hydrogen) atoms. The molecule has 0 bridgehead atoms. The van der Waals surface area contributed by atoms with E-state index in [4.69, 9.17) is 5.73 Å². The molecule has 0 aliphatic heterocycles. The number of hydrogen-bond donors (Lipinski definition) is 1. The first-order valence-corrected chi connectivity index (χ1v) is 7.40. The second-order valence-electron chi connectivity index (χ2n) is 6.55. The Balaban J connectivity index is 2.74. The zero-order valence-electron chi connectivity index (χ0n) is 12.5. The summed E-state index contributed by atoms with van der Waals surface area (Å²) in [5.74, 6) is 0.551. The minimum absolute atomic E-state index is 0.158. The van der Waals surface area contributed by atoms with Crippen LogP contribution in [0.15, 0.2) is 0 Å². The van der Waals surface area contributed by atoms with Gasteiger partial charge in [0, 0.05) is 18.5 Å². The Morgan fingerprint density at radius 1 is 1.39 bits per heavy atom. The zero-order valence-corrected chi connectivity index (χ0v) is 12.5. The van der Waals surface area contributed by atoms with Crippen molar-refractivity contribution in [3.8, 4) is 0 Å². The quantitative estimate of drug-likeness (QED) is 0.820. The number of nitrogens with zero attached hydrogens (tertiary/aromatic N) is 1. The van der Waals surface area contributed by atoms with E-state index in [0.29, 0.717) is 12.5 Å². The minimum atomic E-state index is 0.158. The van der Waals surface area contributed by atoms with Gasteiger partial charge in [0.2, 0.25) is 5.91 Å². The Kier molecular flexibility index (Phi) is 5.64. The van der Waals surface area contributed by atoms with Gasteiger partial charge in [0.05, 0.1) is 0 Å². The van der Waals surface area contributed by atoms with Gasteiger partial charge in [-0.1, -0.05) is 26.7 Å². The summed E-state index contributed by atoms with van der Waals surface area (Å²) in [6, 6.07) is 0.279. The van der Waals surface area contributed by atoms with Crippen LogP contribution in [0.4, 0.5) is 0 Å². The van der Waals surface area contributed by atoms with Crippen LogP contribution in [0.1, 0.15) is 59.8 Å². The predicted molar refractivity (Wildman–Crippen MR) is 76.3 cm³/mol. The largest absolute Gasteiger partial charge is 0.340 e. The first-order chi connectivity index (χ1) is 8.40. The second-order valence-corrected chi connectivity index (χ2v) is 6.55. The van der Waals surface area contributed by atoms with E-state index < -0.39 is 0 Å². The summed E-state index contributed by atoms with van der Waals surface area (Å²) in [5.41, 5.74) is 5.73. The van der Waals surface area contributed by atoms with Crippen molar-refractivity contribution in [2.24, 2.45) is 17.1 Å². The lowest BCUT2D eigenvalue weighted by atomic mass is 9.68. The van der Waals surface area contributed by atoms with Crippen LogP contribution < -0.4 is 5.73 Å². The monoisotopic (exact) mass is 254 g/mol. The Hall–Kier alpha value is -0.570. The van der Waals surface area contributed by atoms with Crippen LogP contribution in [0, 0.1) is 11.3 Å². The zero-order chi connectivity index (χ0) is 13.8. The summed E-state index contributed by atoms with van der Waals surface area (Å²) >= 11 is 0. The van der Waals surface area contributed by atoms with E-state index in [-0.39, 0.29) is 17.4 Å². The number of amides is 1. The maximum absolute atomic E-state index is 12.7. The van der Waals surface area contributed by atoms with Crippen LogP contribution in [0.3, 0.4) is 0 Å². The average molecular weight is 254 g/mol. The summed E-state index contributed by atoms with van der Waals surface area (Å²) in [6.07, 6.45) is 5.59. The molecule has 1 aliphatic carbocycles. The van der Waals surface area contributed by atoms with Gasteiger partial charge in [0.25, 0.3) is 0 Å². The Labute approximate surface area is 112 Å². The van der Waals surface area contributed by atoms with E-state index in [9.17, 15) is 4.79 Å². The van der Waals surface area contributed by atoms with Crippen LogP contribution in [-0.2, 0) is 4.79 Å². The van der Waals surface area contributed by atoms with E-state index in [1.807, 2.05) is 4.90 Å². The van der Waals surface area contributed by atoms with E-state index in [0.717, 1.165) is 19.4 Å². The molecule has 0 aromatic rings. The smallest absolute Gasteiger partial charge is 0.226 e. The molecule has 0 radical (unpaired) electrons. The maximum Gasteiger partial charge on any atom is 0.226 e. The number of carbonyl (C=O) groups excluding carboxylic acids is 1. The van der Waals surface area contributed by atoms with Gasteiger partial charge in [-0.15, -0.1) is 0 Å². The molecule has 0 spiro atoms. The van der Waals surface area contributed by atoms with Gasteiger partial charge >= 0.3 is 0 Å².